The van der Waals surface area contributed by atoms with E-state index in [1.54, 1.807) is 73.9 Å². The van der Waals surface area contributed by atoms with E-state index in [2.05, 4.69) is 23.4 Å². The van der Waals surface area contributed by atoms with E-state index in [9.17, 15) is 16.4 Å². The minimum Gasteiger partial charge on any atom is -0.510 e. The maximum atomic E-state index is 9.94. The fourth-order valence-corrected chi connectivity index (χ4v) is 14.3. The van der Waals surface area contributed by atoms with Crippen LogP contribution in [0.15, 0.2) is 242 Å². The fraction of sp³-hybridized carbons (Fsp3) is 0.0959. The molecule has 0 radical (unpaired) electrons. The number of hydrogen-bond donors (Lipinski definition) is 0. The molecule has 392 valence electrons. The van der Waals surface area contributed by atoms with Gasteiger partial charge in [0.25, 0.3) is 6.33 Å². The number of benzene rings is 10. The molecule has 7 heteroatoms. The smallest absolute Gasteiger partial charge is 0.268 e. The topological polar surface area (TPSA) is 35.9 Å². The summed E-state index contributed by atoms with van der Waals surface area (Å²) in [5, 5.41) is -1.30. The van der Waals surface area contributed by atoms with E-state index < -0.39 is 170 Å². The van der Waals surface area contributed by atoms with Gasteiger partial charge in [-0.25, -0.2) is 4.98 Å². The minimum atomic E-state index is -5.95. The Morgan fingerprint density at radius 3 is 1.86 bits per heavy atom. The molecule has 13 aromatic rings. The van der Waals surface area contributed by atoms with Gasteiger partial charge < -0.3 is 13.9 Å². The first-order valence-corrected chi connectivity index (χ1v) is 26.7. The summed E-state index contributed by atoms with van der Waals surface area (Å²) in [4.78, 5) is 4.67. The van der Waals surface area contributed by atoms with E-state index in [4.69, 9.17) is 28.0 Å². The Morgan fingerprint density at radius 1 is 0.575 bits per heavy atom. The van der Waals surface area contributed by atoms with Crippen molar-refractivity contribution >= 4 is 61.7 Å². The van der Waals surface area contributed by atoms with Gasteiger partial charge in [-0.2, -0.15) is 18.2 Å². The Bertz CT molecular complexity index is 5700. The molecular weight excluding hydrogens is 1170 g/mol. The number of hydrogen-bond acceptors (Lipinski definition) is 2. The summed E-state index contributed by atoms with van der Waals surface area (Å²) in [6.07, 6.45) is 4.54. The number of ether oxygens (including phenoxy) is 1. The van der Waals surface area contributed by atoms with Crippen molar-refractivity contribution in [2.45, 2.75) is 46.7 Å². The van der Waals surface area contributed by atoms with Crippen LogP contribution < -0.4 is 30.1 Å². The quantitative estimate of drug-likeness (QED) is 0.0560. The number of fused-ring (bicyclic) bond motifs is 4. The van der Waals surface area contributed by atoms with E-state index in [1.165, 1.54) is 69.8 Å². The fourth-order valence-electron chi connectivity index (χ4n) is 10.3. The molecule has 0 aliphatic rings. The van der Waals surface area contributed by atoms with Crippen molar-refractivity contribution < 1.29 is 70.1 Å². The molecule has 0 N–H and O–H groups in total. The second kappa shape index (κ2) is 21.2. The van der Waals surface area contributed by atoms with Gasteiger partial charge in [0.15, 0.2) is 8.07 Å². The Kier molecular flexibility index (Phi) is 7.54. The minimum absolute atomic E-state index is 0. The molecule has 0 unspecified atom stereocenters. The second-order valence-electron chi connectivity index (χ2n) is 19.4. The molecule has 10 aromatic carbocycles. The molecule has 0 atom stereocenters. The number of imidazole rings is 1. The first-order valence-electron chi connectivity index (χ1n) is 39.2. The van der Waals surface area contributed by atoms with Crippen LogP contribution in [0, 0.1) is 39.0 Å². The zero-order chi connectivity index (χ0) is 78.7. The summed E-state index contributed by atoms with van der Waals surface area (Å²) >= 11 is 0. The van der Waals surface area contributed by atoms with Crippen molar-refractivity contribution in [3.63, 3.8) is 0 Å². The van der Waals surface area contributed by atoms with E-state index in [0.717, 1.165) is 6.20 Å². The van der Waals surface area contributed by atoms with Crippen LogP contribution >= 0.6 is 0 Å². The number of rotatable bonds is 11. The SMILES string of the molecule is [2H]c1c([2H])c([2H])c(-c2cnc(-n3c4[c-]c(Oc5[c-]c(-n6[c-][n+](-c7c(C(C)(C)C)cccc7[Si](c7c([2H])c([2H])c([2H])c([2H])c7[2H])(c7c([2H])c([2H])c([2H])c([2H])c7[2H])c7c([2H])c([2H])c([2H])c([2H])c7[2H])c7ccc(-c8c(C([2H])([2H])[2H])cccc8C([2H])([2H])[2H])cc76)ccc5)ccc4c4ccccc43)cc2C([2H])([2H])[2H])c([2H])c1[2H].[Pt]. The summed E-state index contributed by atoms with van der Waals surface area (Å²) in [6.45, 7) is -3.45. The van der Waals surface area contributed by atoms with E-state index in [0.29, 0.717) is 21.8 Å². The number of pyridine rings is 1. The monoisotopic (exact) mass is 1260 g/mol. The molecule has 0 saturated heterocycles. The van der Waals surface area contributed by atoms with E-state index in [1.807, 2.05) is 6.07 Å². The molecule has 0 amide bonds. The van der Waals surface area contributed by atoms with Crippen LogP contribution in [-0.2, 0) is 26.5 Å². The van der Waals surface area contributed by atoms with Crippen molar-refractivity contribution in [1.82, 2.24) is 14.1 Å². The molecule has 3 aromatic heterocycles. The third-order valence-electron chi connectivity index (χ3n) is 13.8. The van der Waals surface area contributed by atoms with Crippen LogP contribution in [0.25, 0.3) is 72.3 Å². The third kappa shape index (κ3) is 9.03. The Hall–Kier alpha value is -8.67. The van der Waals surface area contributed by atoms with Gasteiger partial charge in [-0.1, -0.05) is 214 Å². The van der Waals surface area contributed by atoms with Crippen LogP contribution in [0.5, 0.6) is 11.5 Å². The first-order chi connectivity index (χ1) is 50.5. The molecular formula is C73H58N4OPtSi-2. The van der Waals surface area contributed by atoms with Crippen LogP contribution in [-0.4, -0.2) is 22.2 Å². The molecule has 0 spiro atoms. The van der Waals surface area contributed by atoms with Gasteiger partial charge in [0, 0.05) is 62.2 Å². The second-order valence-corrected chi connectivity index (χ2v) is 23.0. The Labute approximate surface area is 525 Å². The average molecular weight is 1260 g/mol. The van der Waals surface area contributed by atoms with Gasteiger partial charge in [-0.3, -0.25) is 4.57 Å². The maximum absolute atomic E-state index is 9.94. The Morgan fingerprint density at radius 2 is 1.20 bits per heavy atom. The largest absolute Gasteiger partial charge is 0.510 e. The normalized spacial score (nSPS) is 17.4. The summed E-state index contributed by atoms with van der Waals surface area (Å²) in [7, 11) is -5.95. The predicted octanol–water partition coefficient (Wildman–Crippen LogP) is 14.5. The van der Waals surface area contributed by atoms with Crippen molar-refractivity contribution in [1.29, 1.82) is 0 Å². The standard InChI is InChI=1S/C73H58N4OSi.Pt/c1-50-24-21-25-51(2)71(50)54-40-43-66-68(45-54)75(49-76(66)72-64(73(4,5)6)37-23-39-69(72)79(58-30-13-8-14-31-58,59-32-15-9-16-33-59)60-34-17-10-18-35-60)55-28-22-29-56(46-55)78-57-41-42-62-61-36-19-20-38-65(61)77(67(62)47-57)70-44-52(3)63(48-74-70)53-26-11-7-12-27-53;/h7-45,48H,1-6H3;/q-2;/i1D3,2D3,3D3,7D,8D,9D,10D,11D,12D,13D,14D,15D,16D,17D,18D,26D,27D,30D,31D,32D,33D,34D,35D;. The van der Waals surface area contributed by atoms with Crippen LogP contribution in [0.3, 0.4) is 0 Å². The van der Waals surface area contributed by atoms with Crippen molar-refractivity contribution in [3.05, 3.63) is 283 Å². The molecule has 5 nitrogen and oxygen atoms in total. The Balaban J connectivity index is 0.0000111. The first kappa shape index (κ1) is 28.5. The average Bonchev–Trinajstić information content (AvgIpc) is 1.05. The van der Waals surface area contributed by atoms with E-state index in [-0.39, 0.29) is 110 Å². The van der Waals surface area contributed by atoms with Gasteiger partial charge in [-0.15, -0.1) is 29.7 Å². The number of nitrogens with zero attached hydrogens (tertiary/aromatic N) is 4. The molecule has 0 saturated carbocycles. The van der Waals surface area contributed by atoms with Gasteiger partial charge in [0.05, 0.1) is 44.1 Å². The van der Waals surface area contributed by atoms with Crippen molar-refractivity contribution in [3.8, 4) is 50.9 Å². The molecule has 3 heterocycles. The molecule has 0 aliphatic heterocycles. The third-order valence-corrected chi connectivity index (χ3v) is 18.0. The summed E-state index contributed by atoms with van der Waals surface area (Å²) in [5.41, 5.74) is -1.66. The molecule has 0 aliphatic carbocycles. The summed E-state index contributed by atoms with van der Waals surface area (Å²) in [6, 6.07) is 17.6. The van der Waals surface area contributed by atoms with Crippen LogP contribution in [0.1, 0.15) is 82.8 Å². The molecule has 13 rings (SSSR count). The van der Waals surface area contributed by atoms with Gasteiger partial charge in [0.2, 0.25) is 0 Å². The maximum Gasteiger partial charge on any atom is 0.268 e. The zero-order valence-electron chi connectivity index (χ0n) is 71.6. The van der Waals surface area contributed by atoms with Crippen LogP contribution in [0.4, 0.5) is 0 Å². The molecule has 0 bridgehead atoms. The van der Waals surface area contributed by atoms with Gasteiger partial charge in [-0.05, 0) is 115 Å². The summed E-state index contributed by atoms with van der Waals surface area (Å²) < 4.78 is 274. The van der Waals surface area contributed by atoms with Gasteiger partial charge in [0.1, 0.15) is 5.82 Å². The predicted molar refractivity (Wildman–Crippen MR) is 327 cm³/mol. The number of aryl methyl sites for hydroxylation is 3. The molecule has 80 heavy (non-hydrogen) atoms. The van der Waals surface area contributed by atoms with Crippen molar-refractivity contribution in [2.24, 2.45) is 0 Å². The number of aromatic nitrogens is 4. The van der Waals surface area contributed by atoms with Gasteiger partial charge >= 0.3 is 0 Å². The van der Waals surface area contributed by atoms with Crippen LogP contribution in [0.2, 0.25) is 0 Å². The summed E-state index contributed by atoms with van der Waals surface area (Å²) in [5.74, 6) is 0.0613. The zero-order valence-corrected chi connectivity index (χ0v) is 45.8. The van der Waals surface area contributed by atoms with Crippen molar-refractivity contribution in [2.75, 3.05) is 0 Å². The molecule has 0 fully saturated rings. The van der Waals surface area contributed by atoms with E-state index >= 15 is 0 Å². The number of para-hydroxylation sites is 2.